The normalized spacial score (nSPS) is 12.6. The van der Waals surface area contributed by atoms with E-state index < -0.39 is 0 Å². The summed E-state index contributed by atoms with van der Waals surface area (Å²) in [5.41, 5.74) is 5.22. The largest absolute Gasteiger partial charge is 0.310 e. The molecule has 0 bridgehead atoms. The molecule has 2 aromatic rings. The van der Waals surface area contributed by atoms with Gasteiger partial charge in [0.25, 0.3) is 0 Å². The maximum Gasteiger partial charge on any atom is 0.0947 e. The van der Waals surface area contributed by atoms with Crippen LogP contribution in [-0.2, 0) is 6.42 Å². The molecule has 0 aliphatic carbocycles. The first-order chi connectivity index (χ1) is 9.60. The van der Waals surface area contributed by atoms with E-state index in [-0.39, 0.29) is 0 Å². The van der Waals surface area contributed by atoms with Crippen LogP contribution in [0.25, 0.3) is 0 Å². The average Bonchev–Trinajstić information content (AvgIpc) is 2.83. The van der Waals surface area contributed by atoms with Crippen LogP contribution in [0.2, 0.25) is 0 Å². The van der Waals surface area contributed by atoms with E-state index in [9.17, 15) is 0 Å². The van der Waals surface area contributed by atoms with E-state index in [4.69, 9.17) is 0 Å². The minimum absolute atomic E-state index is 0.361. The zero-order chi connectivity index (χ0) is 14.5. The average molecular weight is 288 g/mol. The molecule has 0 aliphatic rings. The molecule has 1 atom stereocenters. The summed E-state index contributed by atoms with van der Waals surface area (Å²) in [4.78, 5) is 4.61. The standard InChI is InChI=1S/C17H24N2S/c1-5-8-18-16(10-17-19-14(4)11-20-17)15-9-12(2)6-7-13(15)3/h6-7,9,11,16,18H,5,8,10H2,1-4H3. The first-order valence-electron chi connectivity index (χ1n) is 7.31. The quantitative estimate of drug-likeness (QED) is 0.854. The van der Waals surface area contributed by atoms with Gasteiger partial charge in [-0.2, -0.15) is 0 Å². The van der Waals surface area contributed by atoms with E-state index in [0.717, 1.165) is 25.1 Å². The van der Waals surface area contributed by atoms with Crippen molar-refractivity contribution in [3.8, 4) is 0 Å². The summed E-state index contributed by atoms with van der Waals surface area (Å²) < 4.78 is 0. The summed E-state index contributed by atoms with van der Waals surface area (Å²) in [6, 6.07) is 7.07. The summed E-state index contributed by atoms with van der Waals surface area (Å²) in [6.07, 6.45) is 2.13. The molecule has 0 spiro atoms. The first kappa shape index (κ1) is 15.2. The molecule has 0 fully saturated rings. The molecule has 20 heavy (non-hydrogen) atoms. The van der Waals surface area contributed by atoms with Gasteiger partial charge in [-0.1, -0.05) is 30.7 Å². The highest BCUT2D eigenvalue weighted by Gasteiger charge is 2.15. The van der Waals surface area contributed by atoms with Crippen molar-refractivity contribution in [2.24, 2.45) is 0 Å². The number of benzene rings is 1. The molecule has 2 nitrogen and oxygen atoms in total. The SMILES string of the molecule is CCCNC(Cc1nc(C)cs1)c1cc(C)ccc1C. The van der Waals surface area contributed by atoms with Gasteiger partial charge < -0.3 is 5.32 Å². The van der Waals surface area contributed by atoms with Crippen LogP contribution < -0.4 is 5.32 Å². The van der Waals surface area contributed by atoms with Gasteiger partial charge in [0, 0.05) is 23.5 Å². The van der Waals surface area contributed by atoms with Crippen molar-refractivity contribution in [2.75, 3.05) is 6.54 Å². The lowest BCUT2D eigenvalue weighted by atomic mass is 9.97. The molecule has 3 heteroatoms. The molecule has 1 unspecified atom stereocenters. The molecule has 0 saturated heterocycles. The molecule has 1 heterocycles. The van der Waals surface area contributed by atoms with Crippen LogP contribution in [0, 0.1) is 20.8 Å². The number of aryl methyl sites for hydroxylation is 3. The summed E-state index contributed by atoms with van der Waals surface area (Å²) in [7, 11) is 0. The predicted octanol–water partition coefficient (Wildman–Crippen LogP) is 4.35. The maximum atomic E-state index is 4.61. The van der Waals surface area contributed by atoms with Crippen LogP contribution in [0.1, 0.15) is 46.8 Å². The first-order valence-corrected chi connectivity index (χ1v) is 8.19. The van der Waals surface area contributed by atoms with Crippen molar-refractivity contribution >= 4 is 11.3 Å². The second-order valence-electron chi connectivity index (χ2n) is 5.45. The number of nitrogens with zero attached hydrogens (tertiary/aromatic N) is 1. The zero-order valence-electron chi connectivity index (χ0n) is 12.9. The molecule has 1 N–H and O–H groups in total. The molecule has 1 aromatic heterocycles. The Hall–Kier alpha value is -1.19. The van der Waals surface area contributed by atoms with E-state index in [1.165, 1.54) is 21.7 Å². The van der Waals surface area contributed by atoms with Crippen molar-refractivity contribution in [1.82, 2.24) is 10.3 Å². The minimum Gasteiger partial charge on any atom is -0.310 e. The van der Waals surface area contributed by atoms with E-state index in [1.54, 1.807) is 11.3 Å². The molecule has 108 valence electrons. The van der Waals surface area contributed by atoms with E-state index in [2.05, 4.69) is 61.6 Å². The molecule has 0 amide bonds. The lowest BCUT2D eigenvalue weighted by Gasteiger charge is -2.20. The topological polar surface area (TPSA) is 24.9 Å². The minimum atomic E-state index is 0.361. The van der Waals surface area contributed by atoms with Gasteiger partial charge in [0.1, 0.15) is 0 Å². The van der Waals surface area contributed by atoms with E-state index in [1.807, 2.05) is 0 Å². The fourth-order valence-electron chi connectivity index (χ4n) is 2.42. The van der Waals surface area contributed by atoms with Crippen LogP contribution in [0.4, 0.5) is 0 Å². The second-order valence-corrected chi connectivity index (χ2v) is 6.40. The lowest BCUT2D eigenvalue weighted by Crippen LogP contribution is -2.25. The summed E-state index contributed by atoms with van der Waals surface area (Å²) in [5, 5.41) is 7.03. The van der Waals surface area contributed by atoms with Crippen molar-refractivity contribution in [3.63, 3.8) is 0 Å². The van der Waals surface area contributed by atoms with Gasteiger partial charge in [0.05, 0.1) is 5.01 Å². The highest BCUT2D eigenvalue weighted by atomic mass is 32.1. The number of rotatable bonds is 6. The molecule has 1 aromatic carbocycles. The van der Waals surface area contributed by atoms with Gasteiger partial charge in [-0.3, -0.25) is 0 Å². The van der Waals surface area contributed by atoms with Gasteiger partial charge >= 0.3 is 0 Å². The van der Waals surface area contributed by atoms with Gasteiger partial charge in [0.15, 0.2) is 0 Å². The summed E-state index contributed by atoms with van der Waals surface area (Å²) in [6.45, 7) is 9.67. The third-order valence-corrected chi connectivity index (χ3v) is 4.49. The highest BCUT2D eigenvalue weighted by molar-refractivity contribution is 7.09. The molecule has 2 rings (SSSR count). The summed E-state index contributed by atoms with van der Waals surface area (Å²) >= 11 is 1.76. The Balaban J connectivity index is 2.24. The molecule has 0 aliphatic heterocycles. The van der Waals surface area contributed by atoms with E-state index in [0.29, 0.717) is 6.04 Å². The van der Waals surface area contributed by atoms with Crippen LogP contribution in [0.3, 0.4) is 0 Å². The van der Waals surface area contributed by atoms with Crippen molar-refractivity contribution in [3.05, 3.63) is 51.0 Å². The Kier molecular flexibility index (Phi) is 5.32. The van der Waals surface area contributed by atoms with Crippen molar-refractivity contribution < 1.29 is 0 Å². The highest BCUT2D eigenvalue weighted by Crippen LogP contribution is 2.24. The van der Waals surface area contributed by atoms with Gasteiger partial charge in [-0.25, -0.2) is 4.98 Å². The van der Waals surface area contributed by atoms with Crippen LogP contribution in [0.5, 0.6) is 0 Å². The summed E-state index contributed by atoms with van der Waals surface area (Å²) in [5.74, 6) is 0. The lowest BCUT2D eigenvalue weighted by molar-refractivity contribution is 0.525. The third-order valence-electron chi connectivity index (χ3n) is 3.50. The maximum absolute atomic E-state index is 4.61. The van der Waals surface area contributed by atoms with Gasteiger partial charge in [-0.05, 0) is 44.9 Å². The Morgan fingerprint density at radius 2 is 2.05 bits per heavy atom. The Labute approximate surface area is 126 Å². The number of nitrogens with one attached hydrogen (secondary N) is 1. The van der Waals surface area contributed by atoms with E-state index >= 15 is 0 Å². The Bertz CT molecular complexity index is 560. The number of hydrogen-bond acceptors (Lipinski definition) is 3. The van der Waals surface area contributed by atoms with Crippen LogP contribution in [-0.4, -0.2) is 11.5 Å². The predicted molar refractivity (Wildman–Crippen MR) is 87.5 cm³/mol. The molecular weight excluding hydrogens is 264 g/mol. The number of thiazole rings is 1. The zero-order valence-corrected chi connectivity index (χ0v) is 13.7. The van der Waals surface area contributed by atoms with Crippen LogP contribution in [0.15, 0.2) is 23.6 Å². The fourth-order valence-corrected chi connectivity index (χ4v) is 3.24. The van der Waals surface area contributed by atoms with Crippen molar-refractivity contribution in [2.45, 2.75) is 46.6 Å². The van der Waals surface area contributed by atoms with Gasteiger partial charge in [0.2, 0.25) is 0 Å². The molecule has 0 radical (unpaired) electrons. The number of hydrogen-bond donors (Lipinski definition) is 1. The van der Waals surface area contributed by atoms with Crippen molar-refractivity contribution in [1.29, 1.82) is 0 Å². The second kappa shape index (κ2) is 7.00. The number of aromatic nitrogens is 1. The third kappa shape index (κ3) is 3.90. The molecular formula is C17H24N2S. The van der Waals surface area contributed by atoms with Crippen LogP contribution >= 0.6 is 11.3 Å². The fraction of sp³-hybridized carbons (Fsp3) is 0.471. The van der Waals surface area contributed by atoms with Gasteiger partial charge in [-0.15, -0.1) is 11.3 Å². The smallest absolute Gasteiger partial charge is 0.0947 e. The Morgan fingerprint density at radius 3 is 2.70 bits per heavy atom. The monoisotopic (exact) mass is 288 g/mol. The Morgan fingerprint density at radius 1 is 1.25 bits per heavy atom. The molecule has 0 saturated carbocycles.